The molecule has 0 atom stereocenters. The number of aromatic nitrogens is 9. The van der Waals surface area contributed by atoms with Gasteiger partial charge in [-0.15, -0.1) is 10.2 Å². The first kappa shape index (κ1) is 24.4. The van der Waals surface area contributed by atoms with E-state index in [2.05, 4.69) is 51.5 Å². The monoisotopic (exact) mass is 497 g/mol. The number of pyridine rings is 1. The van der Waals surface area contributed by atoms with E-state index in [4.69, 9.17) is 0 Å². The van der Waals surface area contributed by atoms with Gasteiger partial charge in [-0.1, -0.05) is 51.5 Å². The number of unbranched alkanes of at least 4 members (excludes halogenated alkanes) is 1. The van der Waals surface area contributed by atoms with E-state index in [0.717, 1.165) is 59.6 Å². The van der Waals surface area contributed by atoms with E-state index in [1.165, 1.54) is 0 Å². The number of tetrazole rings is 1. The quantitative estimate of drug-likeness (QED) is 0.311. The van der Waals surface area contributed by atoms with Crippen molar-refractivity contribution in [3.05, 3.63) is 82.9 Å². The Morgan fingerprint density at radius 1 is 1.03 bits per heavy atom. The topological polar surface area (TPSA) is 112 Å². The molecule has 0 spiro atoms. The third kappa shape index (κ3) is 5.00. The summed E-state index contributed by atoms with van der Waals surface area (Å²) >= 11 is 0. The molecule has 190 valence electrons. The van der Waals surface area contributed by atoms with Crippen molar-refractivity contribution in [3.8, 4) is 28.3 Å². The Bertz CT molecular complexity index is 1530. The predicted octanol–water partition coefficient (Wildman–Crippen LogP) is 4.12. The molecule has 10 nitrogen and oxygen atoms in total. The zero-order valence-electron chi connectivity index (χ0n) is 21.4. The average Bonchev–Trinajstić information content (AvgIpc) is 3.65. The molecule has 5 aromatic rings. The van der Waals surface area contributed by atoms with Gasteiger partial charge < -0.3 is 0 Å². The van der Waals surface area contributed by atoms with Crippen LogP contribution in [0.1, 0.15) is 44.9 Å². The third-order valence-electron chi connectivity index (χ3n) is 6.36. The van der Waals surface area contributed by atoms with Crippen molar-refractivity contribution in [3.63, 3.8) is 0 Å². The van der Waals surface area contributed by atoms with Crippen LogP contribution >= 0.6 is 0 Å². The number of nitrogens with zero attached hydrogens (tertiary/aromatic N) is 8. The van der Waals surface area contributed by atoms with Gasteiger partial charge in [0.05, 0.1) is 12.7 Å². The molecule has 0 aliphatic heterocycles. The maximum atomic E-state index is 13.8. The second kappa shape index (κ2) is 10.7. The molecular formula is C27H31N9O. The van der Waals surface area contributed by atoms with E-state index < -0.39 is 0 Å². The van der Waals surface area contributed by atoms with Gasteiger partial charge in [0.1, 0.15) is 5.82 Å². The first-order valence-electron chi connectivity index (χ1n) is 12.7. The number of aromatic amines is 1. The Morgan fingerprint density at radius 2 is 1.86 bits per heavy atom. The highest BCUT2D eigenvalue weighted by molar-refractivity contribution is 5.81. The molecule has 0 amide bonds. The summed E-state index contributed by atoms with van der Waals surface area (Å²) in [5.74, 6) is 1.71. The Hall–Kier alpha value is -4.34. The van der Waals surface area contributed by atoms with Crippen molar-refractivity contribution in [2.24, 2.45) is 5.92 Å². The van der Waals surface area contributed by atoms with Gasteiger partial charge in [-0.25, -0.2) is 9.48 Å². The minimum atomic E-state index is -0.0853. The fourth-order valence-electron chi connectivity index (χ4n) is 4.61. The van der Waals surface area contributed by atoms with Crippen molar-refractivity contribution in [1.82, 2.24) is 44.5 Å². The minimum absolute atomic E-state index is 0.0853. The van der Waals surface area contributed by atoms with Gasteiger partial charge in [-0.3, -0.25) is 14.1 Å². The highest BCUT2D eigenvalue weighted by Crippen LogP contribution is 2.32. The molecule has 4 heterocycles. The molecule has 5 rings (SSSR count). The molecule has 0 aliphatic carbocycles. The second-order valence-electron chi connectivity index (χ2n) is 9.54. The molecular weight excluding hydrogens is 466 g/mol. The summed E-state index contributed by atoms with van der Waals surface area (Å²) in [5.41, 5.74) is 4.63. The highest BCUT2D eigenvalue weighted by atomic mass is 16.1. The number of rotatable bonds is 10. The molecule has 0 aliphatic rings. The van der Waals surface area contributed by atoms with Crippen LogP contribution < -0.4 is 5.69 Å². The molecule has 0 bridgehead atoms. The molecule has 0 saturated carbocycles. The summed E-state index contributed by atoms with van der Waals surface area (Å²) in [6.45, 7) is 7.58. The van der Waals surface area contributed by atoms with Crippen LogP contribution in [0.5, 0.6) is 0 Å². The van der Waals surface area contributed by atoms with E-state index in [1.54, 1.807) is 17.0 Å². The minimum Gasteiger partial charge on any atom is -0.291 e. The van der Waals surface area contributed by atoms with Gasteiger partial charge in [-0.2, -0.15) is 10.3 Å². The normalized spacial score (nSPS) is 11.5. The van der Waals surface area contributed by atoms with Gasteiger partial charge >= 0.3 is 5.69 Å². The summed E-state index contributed by atoms with van der Waals surface area (Å²) in [5, 5.41) is 19.1. The maximum absolute atomic E-state index is 13.8. The Balaban J connectivity index is 1.59. The average molecular weight is 498 g/mol. The van der Waals surface area contributed by atoms with Gasteiger partial charge in [-0.05, 0) is 46.7 Å². The van der Waals surface area contributed by atoms with Crippen molar-refractivity contribution in [2.45, 2.75) is 53.1 Å². The number of benzene rings is 1. The summed E-state index contributed by atoms with van der Waals surface area (Å²) in [6.07, 6.45) is 10.2. The second-order valence-corrected chi connectivity index (χ2v) is 9.54. The van der Waals surface area contributed by atoms with Gasteiger partial charge in [0.15, 0.2) is 0 Å². The SMILES string of the molecule is CCCCc1cn(-c2ccnn2CC(C)C)c(=O)n1Cc1cnccc1-c1ccccc1-c1nn[nH]n1. The first-order valence-corrected chi connectivity index (χ1v) is 12.7. The summed E-state index contributed by atoms with van der Waals surface area (Å²) in [6, 6.07) is 11.8. The van der Waals surface area contributed by atoms with Gasteiger partial charge in [0, 0.05) is 42.5 Å². The Morgan fingerprint density at radius 3 is 2.62 bits per heavy atom. The summed E-state index contributed by atoms with van der Waals surface area (Å²) in [4.78, 5) is 18.2. The van der Waals surface area contributed by atoms with E-state index >= 15 is 0 Å². The lowest BCUT2D eigenvalue weighted by Gasteiger charge is -2.14. The summed E-state index contributed by atoms with van der Waals surface area (Å²) < 4.78 is 5.49. The van der Waals surface area contributed by atoms with Crippen molar-refractivity contribution < 1.29 is 0 Å². The van der Waals surface area contributed by atoms with Crippen LogP contribution in [0.3, 0.4) is 0 Å². The molecule has 1 aromatic carbocycles. The zero-order valence-corrected chi connectivity index (χ0v) is 21.4. The first-order chi connectivity index (χ1) is 18.1. The molecule has 0 radical (unpaired) electrons. The molecule has 1 N–H and O–H groups in total. The van der Waals surface area contributed by atoms with Crippen LogP contribution in [0.25, 0.3) is 28.3 Å². The van der Waals surface area contributed by atoms with Crippen LogP contribution in [-0.2, 0) is 19.5 Å². The van der Waals surface area contributed by atoms with E-state index in [9.17, 15) is 4.79 Å². The fourth-order valence-corrected chi connectivity index (χ4v) is 4.61. The van der Waals surface area contributed by atoms with Crippen LogP contribution in [0.4, 0.5) is 0 Å². The predicted molar refractivity (Wildman–Crippen MR) is 141 cm³/mol. The van der Waals surface area contributed by atoms with E-state index in [0.29, 0.717) is 18.3 Å². The van der Waals surface area contributed by atoms with Crippen LogP contribution in [0.2, 0.25) is 0 Å². The molecule has 37 heavy (non-hydrogen) atoms. The van der Waals surface area contributed by atoms with Crippen LogP contribution in [0.15, 0.2) is 66.0 Å². The number of aryl methyl sites for hydroxylation is 1. The number of nitrogens with one attached hydrogen (secondary N) is 1. The molecule has 0 fully saturated rings. The van der Waals surface area contributed by atoms with Crippen LogP contribution in [0, 0.1) is 5.92 Å². The van der Waals surface area contributed by atoms with E-state index in [-0.39, 0.29) is 5.69 Å². The van der Waals surface area contributed by atoms with Gasteiger partial charge in [0.25, 0.3) is 0 Å². The van der Waals surface area contributed by atoms with Crippen LogP contribution in [-0.4, -0.2) is 44.5 Å². The molecule has 10 heteroatoms. The number of hydrogen-bond acceptors (Lipinski definition) is 6. The maximum Gasteiger partial charge on any atom is 0.334 e. The lowest BCUT2D eigenvalue weighted by atomic mass is 9.96. The lowest BCUT2D eigenvalue weighted by Crippen LogP contribution is -2.26. The summed E-state index contributed by atoms with van der Waals surface area (Å²) in [7, 11) is 0. The number of hydrogen-bond donors (Lipinski definition) is 1. The lowest BCUT2D eigenvalue weighted by molar-refractivity contribution is 0.475. The fraction of sp³-hybridized carbons (Fsp3) is 0.333. The third-order valence-corrected chi connectivity index (χ3v) is 6.36. The van der Waals surface area contributed by atoms with Crippen molar-refractivity contribution in [1.29, 1.82) is 0 Å². The van der Waals surface area contributed by atoms with Gasteiger partial charge in [0.2, 0.25) is 5.82 Å². The van der Waals surface area contributed by atoms with Crippen molar-refractivity contribution in [2.75, 3.05) is 0 Å². The number of H-pyrrole nitrogens is 1. The molecule has 0 saturated heterocycles. The van der Waals surface area contributed by atoms with E-state index in [1.807, 2.05) is 58.0 Å². The highest BCUT2D eigenvalue weighted by Gasteiger charge is 2.19. The largest absolute Gasteiger partial charge is 0.334 e. The molecule has 0 unspecified atom stereocenters. The smallest absolute Gasteiger partial charge is 0.291 e. The standard InChI is InChI=1S/C27H31N9O/c1-4-5-8-21-18-35(25-12-14-29-36(25)16-19(2)3)27(37)34(21)17-20-15-28-13-11-22(20)23-9-6-7-10-24(23)26-30-32-33-31-26/h6-7,9-15,18-19H,4-5,8,16-17H2,1-3H3,(H,30,31,32,33). The van der Waals surface area contributed by atoms with Crippen molar-refractivity contribution >= 4 is 0 Å². The molecule has 4 aromatic heterocycles. The number of imidazole rings is 1. The Labute approximate surface area is 215 Å². The zero-order chi connectivity index (χ0) is 25.8. The Kier molecular flexibility index (Phi) is 7.07.